The fraction of sp³-hybridized carbons (Fsp3) is 0.500. The van der Waals surface area contributed by atoms with E-state index in [1.54, 1.807) is 12.4 Å². The summed E-state index contributed by atoms with van der Waals surface area (Å²) in [7, 11) is 0. The van der Waals surface area contributed by atoms with E-state index in [0.29, 0.717) is 24.8 Å². The van der Waals surface area contributed by atoms with Crippen molar-refractivity contribution in [1.29, 1.82) is 0 Å². The van der Waals surface area contributed by atoms with Crippen molar-refractivity contribution in [3.63, 3.8) is 0 Å². The highest BCUT2D eigenvalue weighted by molar-refractivity contribution is 5.78. The molecule has 3 aliphatic heterocycles. The minimum absolute atomic E-state index is 0.0799. The Balaban J connectivity index is 1.26. The summed E-state index contributed by atoms with van der Waals surface area (Å²) in [5.74, 6) is 1.85. The van der Waals surface area contributed by atoms with Crippen LogP contribution in [-0.2, 0) is 16.0 Å². The molecule has 3 saturated heterocycles. The highest BCUT2D eigenvalue weighted by atomic mass is 16.5. The van der Waals surface area contributed by atoms with Crippen molar-refractivity contribution in [2.45, 2.75) is 37.9 Å². The van der Waals surface area contributed by atoms with Crippen molar-refractivity contribution >= 4 is 11.7 Å². The van der Waals surface area contributed by atoms with Crippen LogP contribution in [0.3, 0.4) is 0 Å². The van der Waals surface area contributed by atoms with Gasteiger partial charge >= 0.3 is 0 Å². The minimum Gasteiger partial charge on any atom is -0.369 e. The number of carbonyl (C=O) groups excluding carboxylic acids is 1. The van der Waals surface area contributed by atoms with Gasteiger partial charge in [0.25, 0.3) is 0 Å². The smallest absolute Gasteiger partial charge is 0.224 e. The molecule has 4 heterocycles. The molecule has 1 aromatic heterocycles. The molecule has 6 heteroatoms. The van der Waals surface area contributed by atoms with Crippen LogP contribution in [0.4, 0.5) is 5.82 Å². The van der Waals surface area contributed by atoms with E-state index in [1.165, 1.54) is 0 Å². The molecule has 0 unspecified atom stereocenters. The molecule has 2 bridgehead atoms. The molecule has 146 valence electrons. The molecule has 28 heavy (non-hydrogen) atoms. The maximum Gasteiger partial charge on any atom is 0.224 e. The lowest BCUT2D eigenvalue weighted by Gasteiger charge is -2.29. The van der Waals surface area contributed by atoms with Crippen molar-refractivity contribution in [3.8, 4) is 0 Å². The first-order valence-electron chi connectivity index (χ1n) is 10.2. The van der Waals surface area contributed by atoms with Crippen LogP contribution in [-0.4, -0.2) is 47.2 Å². The van der Waals surface area contributed by atoms with E-state index in [-0.39, 0.29) is 17.6 Å². The fourth-order valence-corrected chi connectivity index (χ4v) is 5.41. The predicted octanol–water partition coefficient (Wildman–Crippen LogP) is 2.13. The van der Waals surface area contributed by atoms with Gasteiger partial charge in [0.2, 0.25) is 5.91 Å². The second kappa shape index (κ2) is 6.85. The molecule has 1 N–H and O–H groups in total. The first-order chi connectivity index (χ1) is 13.6. The molecule has 1 aromatic carbocycles. The van der Waals surface area contributed by atoms with Crippen LogP contribution in [0.25, 0.3) is 0 Å². The Bertz CT molecular complexity index is 874. The summed E-state index contributed by atoms with van der Waals surface area (Å²) in [4.78, 5) is 23.7. The van der Waals surface area contributed by atoms with Gasteiger partial charge in [-0.2, -0.15) is 0 Å². The standard InChI is InChI=1S/C22H26N4O2/c1-15-21(24-10-9-23-15)26-13-18-17(19-7-8-22(18,14-26)28-19)12-25-20(27)11-16-5-3-2-4-6-16/h2-6,9-10,17-19H,7-8,11-14H2,1H3,(H,25,27)/t17-,18+,19+,22+/m0/s1. The largest absolute Gasteiger partial charge is 0.369 e. The first-order valence-corrected chi connectivity index (χ1v) is 10.2. The van der Waals surface area contributed by atoms with Gasteiger partial charge in [-0.1, -0.05) is 30.3 Å². The number of fused-ring (bicyclic) bond motifs is 1. The van der Waals surface area contributed by atoms with Crippen LogP contribution in [0.1, 0.15) is 24.1 Å². The monoisotopic (exact) mass is 378 g/mol. The molecule has 5 rings (SSSR count). The summed E-state index contributed by atoms with van der Waals surface area (Å²) in [6.07, 6.45) is 6.39. The van der Waals surface area contributed by atoms with E-state index in [1.807, 2.05) is 37.3 Å². The number of hydrogen-bond donors (Lipinski definition) is 1. The van der Waals surface area contributed by atoms with Crippen molar-refractivity contribution in [3.05, 3.63) is 54.0 Å². The van der Waals surface area contributed by atoms with Crippen LogP contribution in [0.15, 0.2) is 42.7 Å². The summed E-state index contributed by atoms with van der Waals surface area (Å²) in [6.45, 7) is 4.50. The maximum absolute atomic E-state index is 12.4. The number of amides is 1. The average molecular weight is 378 g/mol. The summed E-state index contributed by atoms with van der Waals surface area (Å²) >= 11 is 0. The van der Waals surface area contributed by atoms with Gasteiger partial charge in [-0.3, -0.25) is 9.78 Å². The van der Waals surface area contributed by atoms with Gasteiger partial charge in [-0.15, -0.1) is 0 Å². The second-order valence-corrected chi connectivity index (χ2v) is 8.34. The van der Waals surface area contributed by atoms with E-state index < -0.39 is 0 Å². The molecule has 1 spiro atoms. The topological polar surface area (TPSA) is 67.4 Å². The number of aryl methyl sites for hydroxylation is 1. The van der Waals surface area contributed by atoms with E-state index in [4.69, 9.17) is 4.74 Å². The third kappa shape index (κ3) is 2.96. The number of ether oxygens (including phenoxy) is 1. The van der Waals surface area contributed by atoms with E-state index in [2.05, 4.69) is 20.2 Å². The molecular formula is C22H26N4O2. The molecule has 3 fully saturated rings. The number of carbonyl (C=O) groups is 1. The Labute approximate surface area is 165 Å². The molecule has 0 saturated carbocycles. The number of rotatable bonds is 5. The lowest BCUT2D eigenvalue weighted by atomic mass is 9.73. The van der Waals surface area contributed by atoms with Crippen LogP contribution in [0, 0.1) is 18.8 Å². The number of nitrogens with zero attached hydrogens (tertiary/aromatic N) is 3. The van der Waals surface area contributed by atoms with Gasteiger partial charge in [0.15, 0.2) is 0 Å². The van der Waals surface area contributed by atoms with Gasteiger partial charge in [0, 0.05) is 43.9 Å². The quantitative estimate of drug-likeness (QED) is 0.863. The average Bonchev–Trinajstić information content (AvgIpc) is 3.36. The zero-order valence-corrected chi connectivity index (χ0v) is 16.2. The lowest BCUT2D eigenvalue weighted by Crippen LogP contribution is -2.42. The molecule has 6 nitrogen and oxygen atoms in total. The Kier molecular flexibility index (Phi) is 4.31. The second-order valence-electron chi connectivity index (χ2n) is 8.34. The number of anilines is 1. The molecule has 2 aromatic rings. The molecule has 0 aliphatic carbocycles. The summed E-state index contributed by atoms with van der Waals surface area (Å²) in [5.41, 5.74) is 1.93. The van der Waals surface area contributed by atoms with E-state index in [9.17, 15) is 4.79 Å². The summed E-state index contributed by atoms with van der Waals surface area (Å²) in [6, 6.07) is 9.90. The third-order valence-electron chi connectivity index (χ3n) is 6.68. The number of hydrogen-bond acceptors (Lipinski definition) is 5. The summed E-state index contributed by atoms with van der Waals surface area (Å²) < 4.78 is 6.50. The van der Waals surface area contributed by atoms with Crippen LogP contribution < -0.4 is 10.2 Å². The lowest BCUT2D eigenvalue weighted by molar-refractivity contribution is -0.120. The minimum atomic E-state index is -0.0799. The highest BCUT2D eigenvalue weighted by Crippen LogP contribution is 2.55. The zero-order valence-electron chi connectivity index (χ0n) is 16.2. The van der Waals surface area contributed by atoms with Gasteiger partial charge in [-0.25, -0.2) is 4.98 Å². The number of aromatic nitrogens is 2. The van der Waals surface area contributed by atoms with E-state index in [0.717, 1.165) is 43.0 Å². The first kappa shape index (κ1) is 17.6. The summed E-state index contributed by atoms with van der Waals surface area (Å²) in [5, 5.41) is 3.17. The molecule has 0 radical (unpaired) electrons. The van der Waals surface area contributed by atoms with Gasteiger partial charge in [0.05, 0.1) is 23.8 Å². The van der Waals surface area contributed by atoms with Crippen LogP contribution in [0.2, 0.25) is 0 Å². The Morgan fingerprint density at radius 2 is 2.11 bits per heavy atom. The van der Waals surface area contributed by atoms with Gasteiger partial charge in [-0.05, 0) is 25.3 Å². The van der Waals surface area contributed by atoms with Crippen molar-refractivity contribution in [2.24, 2.45) is 11.8 Å². The predicted molar refractivity (Wildman–Crippen MR) is 106 cm³/mol. The number of benzene rings is 1. The van der Waals surface area contributed by atoms with Gasteiger partial charge < -0.3 is 15.0 Å². The Morgan fingerprint density at radius 3 is 2.93 bits per heavy atom. The SMILES string of the molecule is Cc1nccnc1N1C[C@@H]2[C@H](CNC(=O)Cc3ccccc3)[C@H]3CC[C@]2(C1)O3. The molecule has 1 amide bonds. The normalized spacial score (nSPS) is 30.5. The van der Waals surface area contributed by atoms with Crippen LogP contribution >= 0.6 is 0 Å². The molecule has 4 atom stereocenters. The zero-order chi connectivity index (χ0) is 19.1. The van der Waals surface area contributed by atoms with Crippen molar-refractivity contribution < 1.29 is 9.53 Å². The molecule has 3 aliphatic rings. The number of nitrogens with one attached hydrogen (secondary N) is 1. The highest BCUT2D eigenvalue weighted by Gasteiger charge is 2.63. The van der Waals surface area contributed by atoms with Crippen molar-refractivity contribution in [2.75, 3.05) is 24.5 Å². The third-order valence-corrected chi connectivity index (χ3v) is 6.68. The van der Waals surface area contributed by atoms with Crippen molar-refractivity contribution in [1.82, 2.24) is 15.3 Å². The Morgan fingerprint density at radius 1 is 1.29 bits per heavy atom. The Hall–Kier alpha value is -2.47. The molecular weight excluding hydrogens is 352 g/mol. The fourth-order valence-electron chi connectivity index (χ4n) is 5.41. The van der Waals surface area contributed by atoms with E-state index >= 15 is 0 Å². The maximum atomic E-state index is 12.4. The van der Waals surface area contributed by atoms with Gasteiger partial charge in [0.1, 0.15) is 5.82 Å². The van der Waals surface area contributed by atoms with Crippen LogP contribution in [0.5, 0.6) is 0 Å².